The van der Waals surface area contributed by atoms with Crippen LogP contribution in [0.3, 0.4) is 0 Å². The number of esters is 3. The van der Waals surface area contributed by atoms with E-state index in [1.54, 1.807) is 0 Å². The zero-order chi connectivity index (χ0) is 54.1. The Balaban J connectivity index is 4.87. The third kappa shape index (κ3) is 52.5. The van der Waals surface area contributed by atoms with Gasteiger partial charge in [-0.25, -0.2) is 4.57 Å². The largest absolute Gasteiger partial charge is 0.472 e. The first-order chi connectivity index (χ1) is 36.2. The summed E-state index contributed by atoms with van der Waals surface area (Å²) in [6.45, 7) is 4.21. The maximum atomic E-state index is 12.9. The lowest BCUT2D eigenvalue weighted by Gasteiger charge is -2.21. The van der Waals surface area contributed by atoms with Crippen LogP contribution in [0.15, 0.2) is 134 Å². The molecule has 0 bridgehead atoms. The topological polar surface area (TPSA) is 155 Å². The number of allylic oxidation sites excluding steroid dienone is 22. The average molecular weight is 1050 g/mol. The number of aliphatic hydroxyl groups excluding tert-OH is 1. The van der Waals surface area contributed by atoms with Gasteiger partial charge in [0.05, 0.1) is 19.8 Å². The highest BCUT2D eigenvalue weighted by Crippen LogP contribution is 2.43. The molecule has 418 valence electrons. The lowest BCUT2D eigenvalue weighted by atomic mass is 10.1. The molecule has 0 saturated heterocycles. The van der Waals surface area contributed by atoms with Crippen molar-refractivity contribution in [2.45, 2.75) is 213 Å². The first kappa shape index (κ1) is 69.6. The van der Waals surface area contributed by atoms with Crippen LogP contribution in [0.4, 0.5) is 0 Å². The van der Waals surface area contributed by atoms with Gasteiger partial charge in [-0.15, -0.1) is 0 Å². The normalized spacial score (nSPS) is 14.4. The molecular formula is C62H99O11P. The number of phosphoric acid groups is 1. The van der Waals surface area contributed by atoms with Gasteiger partial charge in [0.1, 0.15) is 12.7 Å². The molecule has 0 amide bonds. The fourth-order valence-electron chi connectivity index (χ4n) is 6.84. The summed E-state index contributed by atoms with van der Waals surface area (Å²) in [5.41, 5.74) is 0. The predicted octanol–water partition coefficient (Wildman–Crippen LogP) is 16.6. The first-order valence-corrected chi connectivity index (χ1v) is 29.6. The molecule has 0 aliphatic heterocycles. The number of unbranched alkanes of at least 4 members (excludes halogenated alkanes) is 11. The summed E-state index contributed by atoms with van der Waals surface area (Å²) in [6, 6.07) is 0. The van der Waals surface area contributed by atoms with Crippen LogP contribution >= 0.6 is 7.82 Å². The maximum Gasteiger partial charge on any atom is 0.472 e. The molecule has 0 saturated carbocycles. The van der Waals surface area contributed by atoms with E-state index in [9.17, 15) is 28.9 Å². The molecule has 12 heteroatoms. The lowest BCUT2D eigenvalue weighted by molar-refractivity contribution is -0.161. The number of carbonyl (C=O) groups excluding carboxylic acids is 3. The van der Waals surface area contributed by atoms with Gasteiger partial charge in [0.25, 0.3) is 0 Å². The van der Waals surface area contributed by atoms with Gasteiger partial charge >= 0.3 is 25.7 Å². The molecular weight excluding hydrogens is 952 g/mol. The maximum absolute atomic E-state index is 12.9. The third-order valence-electron chi connectivity index (χ3n) is 11.1. The van der Waals surface area contributed by atoms with E-state index in [1.807, 2.05) is 12.2 Å². The van der Waals surface area contributed by atoms with E-state index in [4.69, 9.17) is 23.3 Å². The number of ether oxygens (including phenoxy) is 3. The number of rotatable bonds is 50. The molecule has 3 atom stereocenters. The monoisotopic (exact) mass is 1050 g/mol. The number of hydrogen-bond donors (Lipinski definition) is 2. The van der Waals surface area contributed by atoms with Gasteiger partial charge in [0, 0.05) is 19.3 Å². The van der Waals surface area contributed by atoms with Crippen LogP contribution in [0.5, 0.6) is 0 Å². The van der Waals surface area contributed by atoms with Gasteiger partial charge < -0.3 is 24.2 Å². The smallest absolute Gasteiger partial charge is 0.462 e. The Bertz CT molecular complexity index is 1750. The van der Waals surface area contributed by atoms with E-state index in [2.05, 4.69) is 142 Å². The van der Waals surface area contributed by atoms with Crippen molar-refractivity contribution in [2.24, 2.45) is 0 Å². The quantitative estimate of drug-likeness (QED) is 0.0197. The van der Waals surface area contributed by atoms with E-state index in [0.29, 0.717) is 19.3 Å². The summed E-state index contributed by atoms with van der Waals surface area (Å²) in [5.74, 6) is -1.64. The molecule has 0 heterocycles. The average Bonchev–Trinajstić information content (AvgIpc) is 3.39. The molecule has 0 spiro atoms. The summed E-state index contributed by atoms with van der Waals surface area (Å²) >= 11 is 0. The zero-order valence-electron chi connectivity index (χ0n) is 46.0. The lowest BCUT2D eigenvalue weighted by Crippen LogP contribution is -2.30. The molecule has 0 aromatic rings. The van der Waals surface area contributed by atoms with Crippen LogP contribution in [0.25, 0.3) is 0 Å². The van der Waals surface area contributed by atoms with Crippen LogP contribution < -0.4 is 0 Å². The van der Waals surface area contributed by atoms with Gasteiger partial charge in [-0.05, 0) is 122 Å². The second-order valence-electron chi connectivity index (χ2n) is 18.0. The summed E-state index contributed by atoms with van der Waals surface area (Å²) in [5, 5.41) is 9.80. The van der Waals surface area contributed by atoms with E-state index >= 15 is 0 Å². The van der Waals surface area contributed by atoms with Crippen molar-refractivity contribution in [1.29, 1.82) is 0 Å². The van der Waals surface area contributed by atoms with Gasteiger partial charge in [-0.2, -0.15) is 0 Å². The van der Waals surface area contributed by atoms with Crippen LogP contribution in [-0.2, 0) is 42.2 Å². The first-order valence-electron chi connectivity index (χ1n) is 28.1. The molecule has 11 nitrogen and oxygen atoms in total. The minimum atomic E-state index is -4.79. The van der Waals surface area contributed by atoms with Crippen LogP contribution in [0.1, 0.15) is 201 Å². The second kappa shape index (κ2) is 54.9. The fourth-order valence-corrected chi connectivity index (χ4v) is 7.62. The van der Waals surface area contributed by atoms with Crippen molar-refractivity contribution in [1.82, 2.24) is 0 Å². The van der Waals surface area contributed by atoms with Crippen LogP contribution in [-0.4, -0.2) is 66.5 Å². The Kier molecular flexibility index (Phi) is 51.6. The summed E-state index contributed by atoms with van der Waals surface area (Å²) in [6.07, 6.45) is 68.6. The van der Waals surface area contributed by atoms with Gasteiger partial charge in [0.2, 0.25) is 0 Å². The van der Waals surface area contributed by atoms with Crippen LogP contribution in [0.2, 0.25) is 0 Å². The van der Waals surface area contributed by atoms with Crippen molar-refractivity contribution in [3.63, 3.8) is 0 Å². The molecule has 0 aromatic heterocycles. The molecule has 0 aromatic carbocycles. The van der Waals surface area contributed by atoms with E-state index in [1.165, 1.54) is 25.7 Å². The van der Waals surface area contributed by atoms with E-state index < -0.39 is 57.8 Å². The Morgan fingerprint density at radius 1 is 0.392 bits per heavy atom. The number of phosphoric ester groups is 1. The third-order valence-corrected chi connectivity index (χ3v) is 12.0. The molecule has 0 aliphatic rings. The van der Waals surface area contributed by atoms with E-state index in [0.717, 1.165) is 116 Å². The highest BCUT2D eigenvalue weighted by Gasteiger charge is 2.28. The Labute approximate surface area is 449 Å². The molecule has 0 aliphatic carbocycles. The van der Waals surface area contributed by atoms with Crippen molar-refractivity contribution in [2.75, 3.05) is 26.4 Å². The zero-order valence-corrected chi connectivity index (χ0v) is 46.9. The SMILES string of the molecule is CC/C=C\C/C=C\C/C=C\C/C=C\CCCCC(=O)OC(CO)COP(=O)(O)OCC(COC(=O)CC/C=C\C/C=C\C/C=C\C/C=C\CC)OC(=O)CCCCCCCC/C=C\C/C=C\C/C=C\CCCCC. The molecule has 2 N–H and O–H groups in total. The van der Waals surface area contributed by atoms with Crippen molar-refractivity contribution in [3.8, 4) is 0 Å². The van der Waals surface area contributed by atoms with Gasteiger partial charge in [-0.3, -0.25) is 23.4 Å². The highest BCUT2D eigenvalue weighted by molar-refractivity contribution is 7.47. The Hall–Kier alpha value is -4.38. The second-order valence-corrected chi connectivity index (χ2v) is 19.4. The predicted molar refractivity (Wildman–Crippen MR) is 306 cm³/mol. The van der Waals surface area contributed by atoms with Gasteiger partial charge in [-0.1, -0.05) is 193 Å². The highest BCUT2D eigenvalue weighted by atomic mass is 31.2. The molecule has 0 rings (SSSR count). The number of hydrogen-bond acceptors (Lipinski definition) is 10. The standard InChI is InChI=1S/C62H99O11P/c1-4-7-10-13-16-19-22-25-27-28-29-30-32-35-38-41-44-47-50-53-62(66)73-59(55-69-60(64)51-48-45-42-39-36-33-24-21-18-15-12-9-6-3)57-71-74(67,68)70-56-58(54-63)72-61(65)52-49-46-43-40-37-34-31-26-23-20-17-14-11-8-5-2/h8-9,11-12,16-21,25-27,29-31,33,36-37,40,42,45,58-59,63H,4-7,10,13-15,22-24,28,32,34-35,38-39,41,43-44,46-57H2,1-3H3,(H,67,68)/b11-8-,12-9-,19-16-,20-17-,21-18-,27-25-,30-29-,31-26-,36-33-,40-37-,45-42-. The van der Waals surface area contributed by atoms with Crippen LogP contribution in [0, 0.1) is 0 Å². The van der Waals surface area contributed by atoms with Gasteiger partial charge in [0.15, 0.2) is 6.10 Å². The minimum Gasteiger partial charge on any atom is -0.462 e. The van der Waals surface area contributed by atoms with Crippen molar-refractivity contribution in [3.05, 3.63) is 134 Å². The summed E-state index contributed by atoms with van der Waals surface area (Å²) in [7, 11) is -4.79. The van der Waals surface area contributed by atoms with Crippen molar-refractivity contribution >= 4 is 25.7 Å². The Morgan fingerprint density at radius 3 is 1.16 bits per heavy atom. The molecule has 74 heavy (non-hydrogen) atoms. The molecule has 0 radical (unpaired) electrons. The summed E-state index contributed by atoms with van der Waals surface area (Å²) in [4.78, 5) is 48.4. The molecule has 3 unspecified atom stereocenters. The Morgan fingerprint density at radius 2 is 0.730 bits per heavy atom. The minimum absolute atomic E-state index is 0.0922. The fraction of sp³-hybridized carbons (Fsp3) is 0.597. The molecule has 0 fully saturated rings. The van der Waals surface area contributed by atoms with E-state index in [-0.39, 0.29) is 25.9 Å². The summed E-state index contributed by atoms with van der Waals surface area (Å²) < 4.78 is 39.3. The number of carbonyl (C=O) groups is 3. The van der Waals surface area contributed by atoms with Crippen molar-refractivity contribution < 1.29 is 52.2 Å². The number of aliphatic hydroxyl groups is 1.